The van der Waals surface area contributed by atoms with Gasteiger partial charge in [0.1, 0.15) is 0 Å². The molecule has 3 rings (SSSR count). The molecular weight excluding hydrogens is 248 g/mol. The summed E-state index contributed by atoms with van der Waals surface area (Å²) in [6, 6.07) is 5.89. The molecule has 1 aliphatic carbocycles. The summed E-state index contributed by atoms with van der Waals surface area (Å²) in [7, 11) is 0. The van der Waals surface area contributed by atoms with Crippen LogP contribution in [0.15, 0.2) is 18.2 Å². The zero-order valence-electron chi connectivity index (χ0n) is 10.4. The van der Waals surface area contributed by atoms with Gasteiger partial charge in [0, 0.05) is 24.3 Å². The fourth-order valence-corrected chi connectivity index (χ4v) is 2.59. The van der Waals surface area contributed by atoms with Crippen LogP contribution in [0, 0.1) is 5.92 Å². The standard InChI is InChI=1S/C14H18N2O.ClH/c15-12-4-1-5-13-11(12)3-2-8-16(13)14(17)9-10-6-7-10;/h1,4-5,10H,2-3,6-9,15H2;1H. The maximum Gasteiger partial charge on any atom is 0.227 e. The van der Waals surface area contributed by atoms with E-state index in [2.05, 4.69) is 0 Å². The van der Waals surface area contributed by atoms with E-state index in [-0.39, 0.29) is 18.3 Å². The molecule has 2 N–H and O–H groups in total. The van der Waals surface area contributed by atoms with Crippen molar-refractivity contribution in [2.45, 2.75) is 32.1 Å². The average molecular weight is 267 g/mol. The van der Waals surface area contributed by atoms with Crippen molar-refractivity contribution in [2.75, 3.05) is 17.2 Å². The third kappa shape index (κ3) is 2.46. The van der Waals surface area contributed by atoms with Crippen LogP contribution in [0.25, 0.3) is 0 Å². The van der Waals surface area contributed by atoms with E-state index in [1.54, 1.807) is 0 Å². The Morgan fingerprint density at radius 3 is 2.89 bits per heavy atom. The molecule has 1 aliphatic heterocycles. The molecule has 0 saturated heterocycles. The smallest absolute Gasteiger partial charge is 0.227 e. The van der Waals surface area contributed by atoms with Gasteiger partial charge in [0.15, 0.2) is 0 Å². The lowest BCUT2D eigenvalue weighted by molar-refractivity contribution is -0.119. The molecule has 1 fully saturated rings. The van der Waals surface area contributed by atoms with E-state index in [0.29, 0.717) is 12.3 Å². The van der Waals surface area contributed by atoms with Gasteiger partial charge in [-0.25, -0.2) is 0 Å². The van der Waals surface area contributed by atoms with Crippen LogP contribution in [-0.4, -0.2) is 12.5 Å². The molecule has 0 radical (unpaired) electrons. The van der Waals surface area contributed by atoms with Crippen molar-refractivity contribution >= 4 is 29.7 Å². The lowest BCUT2D eigenvalue weighted by atomic mass is 9.99. The minimum Gasteiger partial charge on any atom is -0.398 e. The maximum absolute atomic E-state index is 12.2. The van der Waals surface area contributed by atoms with E-state index >= 15 is 0 Å². The highest BCUT2D eigenvalue weighted by molar-refractivity contribution is 5.95. The molecule has 98 valence electrons. The Labute approximate surface area is 114 Å². The van der Waals surface area contributed by atoms with Crippen LogP contribution < -0.4 is 10.6 Å². The van der Waals surface area contributed by atoms with Crippen molar-refractivity contribution in [1.82, 2.24) is 0 Å². The maximum atomic E-state index is 12.2. The van der Waals surface area contributed by atoms with Gasteiger partial charge >= 0.3 is 0 Å². The molecule has 18 heavy (non-hydrogen) atoms. The van der Waals surface area contributed by atoms with Crippen LogP contribution in [0.1, 0.15) is 31.2 Å². The van der Waals surface area contributed by atoms with Crippen LogP contribution in [-0.2, 0) is 11.2 Å². The first-order chi connectivity index (χ1) is 8.25. The number of hydrogen-bond donors (Lipinski definition) is 1. The second-order valence-electron chi connectivity index (χ2n) is 5.14. The Kier molecular flexibility index (Phi) is 3.81. The van der Waals surface area contributed by atoms with Crippen LogP contribution >= 0.6 is 12.4 Å². The molecule has 0 atom stereocenters. The molecule has 3 nitrogen and oxygen atoms in total. The van der Waals surface area contributed by atoms with E-state index < -0.39 is 0 Å². The summed E-state index contributed by atoms with van der Waals surface area (Å²) in [4.78, 5) is 14.1. The first-order valence-corrected chi connectivity index (χ1v) is 6.43. The van der Waals surface area contributed by atoms with E-state index in [9.17, 15) is 4.79 Å². The van der Waals surface area contributed by atoms with E-state index in [1.165, 1.54) is 12.8 Å². The van der Waals surface area contributed by atoms with Crippen molar-refractivity contribution in [2.24, 2.45) is 5.92 Å². The van der Waals surface area contributed by atoms with Crippen LogP contribution in [0.4, 0.5) is 11.4 Å². The van der Waals surface area contributed by atoms with Gasteiger partial charge < -0.3 is 10.6 Å². The number of benzene rings is 1. The summed E-state index contributed by atoms with van der Waals surface area (Å²) in [5.74, 6) is 0.924. The zero-order chi connectivity index (χ0) is 11.8. The number of anilines is 2. The molecule has 0 unspecified atom stereocenters. The summed E-state index contributed by atoms with van der Waals surface area (Å²) in [5.41, 5.74) is 9.00. The number of rotatable bonds is 2. The summed E-state index contributed by atoms with van der Waals surface area (Å²) in [5, 5.41) is 0. The summed E-state index contributed by atoms with van der Waals surface area (Å²) >= 11 is 0. The quantitative estimate of drug-likeness (QED) is 0.837. The predicted octanol–water partition coefficient (Wildman–Crippen LogP) is 2.77. The normalized spacial score (nSPS) is 17.9. The number of carbonyl (C=O) groups is 1. The summed E-state index contributed by atoms with van der Waals surface area (Å²) in [6.45, 7) is 0.849. The molecule has 4 heteroatoms. The van der Waals surface area contributed by atoms with Crippen LogP contribution in [0.2, 0.25) is 0 Å². The second-order valence-corrected chi connectivity index (χ2v) is 5.14. The average Bonchev–Trinajstić information content (AvgIpc) is 3.13. The number of carbonyl (C=O) groups excluding carboxylic acids is 1. The molecule has 0 bridgehead atoms. The van der Waals surface area contributed by atoms with Crippen molar-refractivity contribution in [1.29, 1.82) is 0 Å². The number of fused-ring (bicyclic) bond motifs is 1. The molecule has 0 spiro atoms. The van der Waals surface area contributed by atoms with Gasteiger partial charge in [-0.1, -0.05) is 6.07 Å². The minimum absolute atomic E-state index is 0. The van der Waals surface area contributed by atoms with E-state index in [4.69, 9.17) is 5.73 Å². The Hall–Kier alpha value is -1.22. The highest BCUT2D eigenvalue weighted by atomic mass is 35.5. The number of amides is 1. The molecule has 1 amide bonds. The third-order valence-electron chi connectivity index (χ3n) is 3.75. The minimum atomic E-state index is 0. The Morgan fingerprint density at radius 2 is 2.17 bits per heavy atom. The Morgan fingerprint density at radius 1 is 1.39 bits per heavy atom. The van der Waals surface area contributed by atoms with Gasteiger partial charge in [0.25, 0.3) is 0 Å². The summed E-state index contributed by atoms with van der Waals surface area (Å²) < 4.78 is 0. The zero-order valence-corrected chi connectivity index (χ0v) is 11.2. The number of hydrogen-bond acceptors (Lipinski definition) is 2. The molecule has 1 aromatic carbocycles. The molecule has 1 heterocycles. The molecular formula is C14H19ClN2O. The second kappa shape index (κ2) is 5.19. The van der Waals surface area contributed by atoms with Crippen LogP contribution in [0.3, 0.4) is 0 Å². The summed E-state index contributed by atoms with van der Waals surface area (Å²) in [6.07, 6.45) is 5.19. The van der Waals surface area contributed by atoms with Gasteiger partial charge in [0.2, 0.25) is 5.91 Å². The largest absolute Gasteiger partial charge is 0.398 e. The third-order valence-corrected chi connectivity index (χ3v) is 3.75. The fourth-order valence-electron chi connectivity index (χ4n) is 2.59. The number of nitrogens with zero attached hydrogens (tertiary/aromatic N) is 1. The first kappa shape index (κ1) is 13.2. The topological polar surface area (TPSA) is 46.3 Å². The van der Waals surface area contributed by atoms with Gasteiger partial charge in [-0.05, 0) is 49.3 Å². The van der Waals surface area contributed by atoms with Gasteiger partial charge in [0.05, 0.1) is 0 Å². The molecule has 1 aromatic rings. The van der Waals surface area contributed by atoms with Crippen molar-refractivity contribution in [3.8, 4) is 0 Å². The lowest BCUT2D eigenvalue weighted by Gasteiger charge is -2.30. The molecule has 1 saturated carbocycles. The van der Waals surface area contributed by atoms with Gasteiger partial charge in [-0.2, -0.15) is 0 Å². The van der Waals surface area contributed by atoms with Gasteiger partial charge in [-0.3, -0.25) is 4.79 Å². The Balaban J connectivity index is 0.00000120. The highest BCUT2D eigenvalue weighted by Crippen LogP contribution is 2.36. The van der Waals surface area contributed by atoms with Crippen molar-refractivity contribution in [3.05, 3.63) is 23.8 Å². The Bertz CT molecular complexity index is 457. The number of nitrogen functional groups attached to an aromatic ring is 1. The van der Waals surface area contributed by atoms with Crippen LogP contribution in [0.5, 0.6) is 0 Å². The number of nitrogens with two attached hydrogens (primary N) is 1. The van der Waals surface area contributed by atoms with E-state index in [0.717, 1.165) is 36.3 Å². The highest BCUT2D eigenvalue weighted by Gasteiger charge is 2.29. The molecule has 0 aromatic heterocycles. The monoisotopic (exact) mass is 266 g/mol. The molecule has 2 aliphatic rings. The van der Waals surface area contributed by atoms with E-state index in [1.807, 2.05) is 23.1 Å². The SMILES string of the molecule is Cl.Nc1cccc2c1CCCN2C(=O)CC1CC1. The number of halogens is 1. The fraction of sp³-hybridized carbons (Fsp3) is 0.500. The first-order valence-electron chi connectivity index (χ1n) is 6.43. The van der Waals surface area contributed by atoms with Crippen molar-refractivity contribution < 1.29 is 4.79 Å². The van der Waals surface area contributed by atoms with Gasteiger partial charge in [-0.15, -0.1) is 12.4 Å². The lowest BCUT2D eigenvalue weighted by Crippen LogP contribution is -2.35. The van der Waals surface area contributed by atoms with Crippen molar-refractivity contribution in [3.63, 3.8) is 0 Å². The predicted molar refractivity (Wildman–Crippen MR) is 76.1 cm³/mol.